The maximum absolute atomic E-state index is 11.0. The van der Waals surface area contributed by atoms with Crippen LogP contribution >= 0.6 is 11.6 Å². The summed E-state index contributed by atoms with van der Waals surface area (Å²) < 4.78 is 0. The van der Waals surface area contributed by atoms with E-state index in [2.05, 4.69) is 10.6 Å². The SMILES string of the molecule is N#Cc1ccc(CNCC2CCC(=O)N2)c(Cl)c1. The van der Waals surface area contributed by atoms with Crippen LogP contribution in [-0.4, -0.2) is 18.5 Å². The quantitative estimate of drug-likeness (QED) is 0.867. The number of nitrogens with zero attached hydrogens (tertiary/aromatic N) is 1. The molecule has 94 valence electrons. The third-order valence-electron chi connectivity index (χ3n) is 2.97. The van der Waals surface area contributed by atoms with Crippen molar-refractivity contribution in [2.24, 2.45) is 0 Å². The van der Waals surface area contributed by atoms with Crippen LogP contribution in [0, 0.1) is 11.3 Å². The monoisotopic (exact) mass is 263 g/mol. The van der Waals surface area contributed by atoms with Gasteiger partial charge in [0.2, 0.25) is 5.91 Å². The van der Waals surface area contributed by atoms with E-state index in [9.17, 15) is 4.79 Å². The van der Waals surface area contributed by atoms with Crippen LogP contribution in [0.15, 0.2) is 18.2 Å². The van der Waals surface area contributed by atoms with Crippen molar-refractivity contribution >= 4 is 17.5 Å². The van der Waals surface area contributed by atoms with Crippen LogP contribution in [0.2, 0.25) is 5.02 Å². The Morgan fingerprint density at radius 1 is 1.56 bits per heavy atom. The predicted octanol–water partition coefficient (Wildman–Crippen LogP) is 1.58. The van der Waals surface area contributed by atoms with Crippen LogP contribution in [0.4, 0.5) is 0 Å². The van der Waals surface area contributed by atoms with Crippen molar-refractivity contribution in [3.05, 3.63) is 34.3 Å². The second-order valence-corrected chi connectivity index (χ2v) is 4.76. The molecule has 4 nitrogen and oxygen atoms in total. The first-order valence-electron chi connectivity index (χ1n) is 5.87. The Hall–Kier alpha value is -1.57. The van der Waals surface area contributed by atoms with Gasteiger partial charge >= 0.3 is 0 Å². The number of hydrogen-bond acceptors (Lipinski definition) is 3. The minimum atomic E-state index is 0.123. The summed E-state index contributed by atoms with van der Waals surface area (Å²) in [5.74, 6) is 0.123. The van der Waals surface area contributed by atoms with Gasteiger partial charge < -0.3 is 10.6 Å². The van der Waals surface area contributed by atoms with Gasteiger partial charge in [-0.1, -0.05) is 17.7 Å². The van der Waals surface area contributed by atoms with E-state index in [1.54, 1.807) is 12.1 Å². The number of halogens is 1. The van der Waals surface area contributed by atoms with Crippen LogP contribution in [0.3, 0.4) is 0 Å². The molecule has 1 aromatic rings. The lowest BCUT2D eigenvalue weighted by Gasteiger charge is -2.12. The highest BCUT2D eigenvalue weighted by Crippen LogP contribution is 2.17. The molecule has 1 aliphatic heterocycles. The fourth-order valence-electron chi connectivity index (χ4n) is 1.97. The Balaban J connectivity index is 1.83. The molecular weight excluding hydrogens is 250 g/mol. The van der Waals surface area contributed by atoms with E-state index in [-0.39, 0.29) is 11.9 Å². The van der Waals surface area contributed by atoms with Crippen molar-refractivity contribution in [3.8, 4) is 6.07 Å². The summed E-state index contributed by atoms with van der Waals surface area (Å²) >= 11 is 6.07. The van der Waals surface area contributed by atoms with Gasteiger partial charge in [-0.3, -0.25) is 4.79 Å². The van der Waals surface area contributed by atoms with Gasteiger partial charge in [-0.2, -0.15) is 5.26 Å². The number of nitrogens with one attached hydrogen (secondary N) is 2. The Morgan fingerprint density at radius 2 is 2.39 bits per heavy atom. The van der Waals surface area contributed by atoms with Gasteiger partial charge in [0, 0.05) is 30.6 Å². The minimum Gasteiger partial charge on any atom is -0.352 e. The van der Waals surface area contributed by atoms with Crippen LogP contribution in [0.5, 0.6) is 0 Å². The number of rotatable bonds is 4. The van der Waals surface area contributed by atoms with Gasteiger partial charge in [0.15, 0.2) is 0 Å². The first kappa shape index (κ1) is 12.9. The lowest BCUT2D eigenvalue weighted by atomic mass is 10.1. The second-order valence-electron chi connectivity index (χ2n) is 4.35. The summed E-state index contributed by atoms with van der Waals surface area (Å²) in [6.07, 6.45) is 1.50. The summed E-state index contributed by atoms with van der Waals surface area (Å²) in [6.45, 7) is 1.37. The lowest BCUT2D eigenvalue weighted by molar-refractivity contribution is -0.119. The molecule has 1 aliphatic rings. The van der Waals surface area contributed by atoms with Gasteiger partial charge in [0.1, 0.15) is 0 Å². The van der Waals surface area contributed by atoms with E-state index >= 15 is 0 Å². The van der Waals surface area contributed by atoms with Crippen LogP contribution in [0.25, 0.3) is 0 Å². The van der Waals surface area contributed by atoms with Gasteiger partial charge in [-0.15, -0.1) is 0 Å². The van der Waals surface area contributed by atoms with Crippen molar-refractivity contribution in [2.75, 3.05) is 6.54 Å². The van der Waals surface area contributed by atoms with Crippen molar-refractivity contribution in [1.82, 2.24) is 10.6 Å². The number of amides is 1. The van der Waals surface area contributed by atoms with Crippen molar-refractivity contribution in [2.45, 2.75) is 25.4 Å². The van der Waals surface area contributed by atoms with Gasteiger partial charge in [-0.25, -0.2) is 0 Å². The molecule has 0 bridgehead atoms. The largest absolute Gasteiger partial charge is 0.352 e. The highest BCUT2D eigenvalue weighted by Gasteiger charge is 2.19. The van der Waals surface area contributed by atoms with Crippen LogP contribution in [-0.2, 0) is 11.3 Å². The zero-order valence-corrected chi connectivity index (χ0v) is 10.6. The Morgan fingerprint density at radius 3 is 3.00 bits per heavy atom. The minimum absolute atomic E-state index is 0.123. The smallest absolute Gasteiger partial charge is 0.220 e. The number of benzene rings is 1. The average Bonchev–Trinajstić information content (AvgIpc) is 2.77. The zero-order valence-electron chi connectivity index (χ0n) is 9.87. The molecule has 18 heavy (non-hydrogen) atoms. The molecule has 1 unspecified atom stereocenters. The Bertz CT molecular complexity index is 495. The number of hydrogen-bond donors (Lipinski definition) is 2. The third kappa shape index (κ3) is 3.22. The fourth-order valence-corrected chi connectivity index (χ4v) is 2.22. The molecule has 1 fully saturated rings. The summed E-state index contributed by atoms with van der Waals surface area (Å²) in [7, 11) is 0. The zero-order chi connectivity index (χ0) is 13.0. The molecular formula is C13H14ClN3O. The van der Waals surface area contributed by atoms with Crippen molar-refractivity contribution < 1.29 is 4.79 Å². The highest BCUT2D eigenvalue weighted by molar-refractivity contribution is 6.31. The van der Waals surface area contributed by atoms with E-state index < -0.39 is 0 Å². The average molecular weight is 264 g/mol. The molecule has 2 rings (SSSR count). The molecule has 1 aromatic carbocycles. The molecule has 0 spiro atoms. The van der Waals surface area contributed by atoms with E-state index in [1.807, 2.05) is 12.1 Å². The van der Waals surface area contributed by atoms with E-state index in [0.29, 0.717) is 23.6 Å². The van der Waals surface area contributed by atoms with Gasteiger partial charge in [-0.05, 0) is 24.1 Å². The molecule has 0 saturated carbocycles. The number of nitriles is 1. The fraction of sp³-hybridized carbons (Fsp3) is 0.385. The van der Waals surface area contributed by atoms with E-state index in [0.717, 1.165) is 18.5 Å². The molecule has 1 heterocycles. The molecule has 5 heteroatoms. The normalized spacial score (nSPS) is 18.4. The Kier molecular flexibility index (Phi) is 4.19. The maximum Gasteiger partial charge on any atom is 0.220 e. The number of carbonyl (C=O) groups excluding carboxylic acids is 1. The van der Waals surface area contributed by atoms with Gasteiger partial charge in [0.25, 0.3) is 0 Å². The first-order chi connectivity index (χ1) is 8.69. The molecule has 1 saturated heterocycles. The highest BCUT2D eigenvalue weighted by atomic mass is 35.5. The summed E-state index contributed by atoms with van der Waals surface area (Å²) in [5.41, 5.74) is 1.52. The van der Waals surface area contributed by atoms with E-state index in [4.69, 9.17) is 16.9 Å². The topological polar surface area (TPSA) is 64.9 Å². The summed E-state index contributed by atoms with van der Waals surface area (Å²) in [4.78, 5) is 11.0. The molecule has 0 radical (unpaired) electrons. The number of carbonyl (C=O) groups is 1. The van der Waals surface area contributed by atoms with Crippen molar-refractivity contribution in [1.29, 1.82) is 5.26 Å². The molecule has 1 atom stereocenters. The van der Waals surface area contributed by atoms with E-state index in [1.165, 1.54) is 0 Å². The molecule has 2 N–H and O–H groups in total. The molecule has 0 aromatic heterocycles. The lowest BCUT2D eigenvalue weighted by Crippen LogP contribution is -2.35. The summed E-state index contributed by atoms with van der Waals surface area (Å²) in [6, 6.07) is 7.53. The molecule has 0 aliphatic carbocycles. The van der Waals surface area contributed by atoms with Gasteiger partial charge in [0.05, 0.1) is 11.6 Å². The molecule has 1 amide bonds. The predicted molar refractivity (Wildman–Crippen MR) is 69.0 cm³/mol. The van der Waals surface area contributed by atoms with Crippen LogP contribution in [0.1, 0.15) is 24.0 Å². The van der Waals surface area contributed by atoms with Crippen LogP contribution < -0.4 is 10.6 Å². The standard InChI is InChI=1S/C13H14ClN3O/c14-12-5-9(6-15)1-2-10(12)7-16-8-11-3-4-13(18)17-11/h1-2,5,11,16H,3-4,7-8H2,(H,17,18). The Labute approximate surface area is 111 Å². The first-order valence-corrected chi connectivity index (χ1v) is 6.25. The summed E-state index contributed by atoms with van der Waals surface area (Å²) in [5, 5.41) is 15.5. The second kappa shape index (κ2) is 5.85. The maximum atomic E-state index is 11.0. The third-order valence-corrected chi connectivity index (χ3v) is 3.33. The van der Waals surface area contributed by atoms with Crippen molar-refractivity contribution in [3.63, 3.8) is 0 Å².